The lowest BCUT2D eigenvalue weighted by atomic mass is 10.2. The summed E-state index contributed by atoms with van der Waals surface area (Å²) in [6.45, 7) is 21.1. The third-order valence-corrected chi connectivity index (χ3v) is 2.37. The molecule has 0 heterocycles. The zero-order valence-electron chi connectivity index (χ0n) is 16.1. The van der Waals surface area contributed by atoms with Gasteiger partial charge in [-0.3, -0.25) is 0 Å². The first-order valence-electron chi connectivity index (χ1n) is 8.19. The van der Waals surface area contributed by atoms with Gasteiger partial charge in [-0.1, -0.05) is 94.8 Å². The second kappa shape index (κ2) is 24.1. The van der Waals surface area contributed by atoms with Crippen molar-refractivity contribution < 1.29 is 9.53 Å². The van der Waals surface area contributed by atoms with Gasteiger partial charge < -0.3 is 4.74 Å². The van der Waals surface area contributed by atoms with Gasteiger partial charge in [-0.05, 0) is 18.9 Å². The Hall–Kier alpha value is -3.12. The fraction of sp³-hybridized carbons (Fsp3) is 0.217. The molecule has 1 aromatic carbocycles. The minimum Gasteiger partial charge on any atom is -0.462 e. The van der Waals surface area contributed by atoms with Gasteiger partial charge >= 0.3 is 5.97 Å². The summed E-state index contributed by atoms with van der Waals surface area (Å²) in [4.78, 5) is 10.7. The number of carbonyl (C=O) groups excluding carboxylic acids is 1. The Morgan fingerprint density at radius 2 is 1.65 bits per heavy atom. The first kappa shape index (κ1) is 27.7. The molecule has 26 heavy (non-hydrogen) atoms. The van der Waals surface area contributed by atoms with E-state index in [1.165, 1.54) is 11.6 Å². The summed E-state index contributed by atoms with van der Waals surface area (Å²) in [6, 6.07) is 11.7. The van der Waals surface area contributed by atoms with Crippen LogP contribution in [0.1, 0.15) is 32.3 Å². The Kier molecular flexibility index (Phi) is 25.7. The number of nitriles is 1. The van der Waals surface area contributed by atoms with E-state index in [0.29, 0.717) is 12.2 Å². The van der Waals surface area contributed by atoms with E-state index < -0.39 is 0 Å². The van der Waals surface area contributed by atoms with Crippen molar-refractivity contribution in [2.24, 2.45) is 0 Å². The molecule has 1 rings (SSSR count). The maximum absolute atomic E-state index is 10.7. The average Bonchev–Trinajstić information content (AvgIpc) is 2.69. The number of hydrogen-bond acceptors (Lipinski definition) is 3. The molecule has 0 N–H and O–H groups in total. The highest BCUT2D eigenvalue weighted by atomic mass is 16.5. The lowest BCUT2D eigenvalue weighted by molar-refractivity contribution is -0.139. The number of esters is 1. The lowest BCUT2D eigenvalue weighted by Crippen LogP contribution is -2.05. The summed E-state index contributed by atoms with van der Waals surface area (Å²) in [5, 5.41) is 7.51. The van der Waals surface area contributed by atoms with Gasteiger partial charge in [0, 0.05) is 11.6 Å². The highest BCUT2D eigenvalue weighted by molar-refractivity contribution is 5.86. The standard InChI is InChI=1S/C8H14O2.C8H8.C4H6.C3H3N/c1-4-5-6-10-8(9)7(2)3;1-2-8-6-4-3-5-7-8;1-3-4-2;1-2-3-4/h2,4-6H2,1,3H3;2-7H,1H2;3-4H,1-2H2;2H,1H2. The second-order valence-electron chi connectivity index (χ2n) is 4.69. The van der Waals surface area contributed by atoms with Gasteiger partial charge in [-0.2, -0.15) is 5.26 Å². The van der Waals surface area contributed by atoms with Crippen LogP contribution >= 0.6 is 0 Å². The Morgan fingerprint density at radius 3 is 1.92 bits per heavy atom. The van der Waals surface area contributed by atoms with Crippen molar-refractivity contribution in [1.82, 2.24) is 0 Å². The minimum absolute atomic E-state index is 0.284. The molecule has 3 heteroatoms. The first-order valence-corrected chi connectivity index (χ1v) is 8.19. The summed E-state index contributed by atoms with van der Waals surface area (Å²) in [5.74, 6) is -0.284. The molecule has 0 aliphatic carbocycles. The van der Waals surface area contributed by atoms with Crippen molar-refractivity contribution in [2.45, 2.75) is 26.7 Å². The number of unbranched alkanes of at least 4 members (excludes halogenated alkanes) is 1. The SMILES string of the molecule is C=C(C)C(=O)OCCCC.C=CC#N.C=CC=C.C=Cc1ccccc1. The Labute approximate surface area is 159 Å². The monoisotopic (exact) mass is 353 g/mol. The van der Waals surface area contributed by atoms with E-state index >= 15 is 0 Å². The van der Waals surface area contributed by atoms with Gasteiger partial charge in [0.2, 0.25) is 0 Å². The molecule has 140 valence electrons. The molecule has 0 bridgehead atoms. The third-order valence-electron chi connectivity index (χ3n) is 2.37. The van der Waals surface area contributed by atoms with Gasteiger partial charge in [0.1, 0.15) is 0 Å². The van der Waals surface area contributed by atoms with E-state index in [2.05, 4.69) is 39.8 Å². The van der Waals surface area contributed by atoms with Gasteiger partial charge in [-0.15, -0.1) is 0 Å². The molecule has 0 spiro atoms. The number of ether oxygens (including phenoxy) is 1. The van der Waals surface area contributed by atoms with Crippen LogP contribution in [0.4, 0.5) is 0 Å². The molecule has 0 saturated heterocycles. The summed E-state index contributed by atoms with van der Waals surface area (Å²) in [7, 11) is 0. The molecule has 0 atom stereocenters. The molecule has 0 aliphatic rings. The fourth-order valence-corrected chi connectivity index (χ4v) is 1.02. The van der Waals surface area contributed by atoms with Crippen LogP contribution in [0.25, 0.3) is 6.08 Å². The normalized spacial score (nSPS) is 7.42. The Bertz CT molecular complexity index is 560. The number of allylic oxidation sites excluding steroid dienone is 3. The molecule has 0 aliphatic heterocycles. The maximum Gasteiger partial charge on any atom is 0.333 e. The molecule has 0 aromatic heterocycles. The van der Waals surface area contributed by atoms with Crippen LogP contribution in [-0.4, -0.2) is 12.6 Å². The maximum atomic E-state index is 10.7. The van der Waals surface area contributed by atoms with Crippen LogP contribution in [0.3, 0.4) is 0 Å². The molecule has 1 aromatic rings. The van der Waals surface area contributed by atoms with E-state index in [1.54, 1.807) is 25.1 Å². The van der Waals surface area contributed by atoms with E-state index in [4.69, 9.17) is 10.00 Å². The quantitative estimate of drug-likeness (QED) is 0.198. The zero-order valence-corrected chi connectivity index (χ0v) is 16.1. The van der Waals surface area contributed by atoms with Crippen molar-refractivity contribution in [1.29, 1.82) is 5.26 Å². The molecular weight excluding hydrogens is 322 g/mol. The summed E-state index contributed by atoms with van der Waals surface area (Å²) in [5.41, 5.74) is 1.64. The summed E-state index contributed by atoms with van der Waals surface area (Å²) in [6.07, 6.45) is 8.27. The van der Waals surface area contributed by atoms with Gasteiger partial charge in [-0.25, -0.2) is 4.79 Å². The van der Waals surface area contributed by atoms with E-state index in [0.717, 1.165) is 12.8 Å². The molecule has 3 nitrogen and oxygen atoms in total. The molecule has 0 saturated carbocycles. The van der Waals surface area contributed by atoms with Crippen molar-refractivity contribution in [3.63, 3.8) is 0 Å². The lowest BCUT2D eigenvalue weighted by Gasteiger charge is -2.01. The number of carbonyl (C=O) groups is 1. The number of benzene rings is 1. The fourth-order valence-electron chi connectivity index (χ4n) is 1.02. The van der Waals surface area contributed by atoms with Crippen LogP contribution in [-0.2, 0) is 9.53 Å². The topological polar surface area (TPSA) is 50.1 Å². The molecule has 0 radical (unpaired) electrons. The van der Waals surface area contributed by atoms with Gasteiger partial charge in [0.05, 0.1) is 12.7 Å². The van der Waals surface area contributed by atoms with Crippen LogP contribution in [0.5, 0.6) is 0 Å². The van der Waals surface area contributed by atoms with Gasteiger partial charge in [0.15, 0.2) is 0 Å². The number of hydrogen-bond donors (Lipinski definition) is 0. The van der Waals surface area contributed by atoms with Crippen LogP contribution in [0.15, 0.2) is 87.0 Å². The van der Waals surface area contributed by atoms with Crippen LogP contribution in [0.2, 0.25) is 0 Å². The highest BCUT2D eigenvalue weighted by Gasteiger charge is 2.00. The molecule has 0 fully saturated rings. The van der Waals surface area contributed by atoms with E-state index in [1.807, 2.05) is 36.4 Å². The Balaban J connectivity index is -0.000000294. The smallest absolute Gasteiger partial charge is 0.333 e. The zero-order chi connectivity index (χ0) is 20.6. The van der Waals surface area contributed by atoms with Crippen molar-refractivity contribution in [2.75, 3.05) is 6.61 Å². The van der Waals surface area contributed by atoms with Gasteiger partial charge in [0.25, 0.3) is 0 Å². The van der Waals surface area contributed by atoms with Crippen LogP contribution in [0, 0.1) is 11.3 Å². The largest absolute Gasteiger partial charge is 0.462 e. The molecule has 0 amide bonds. The number of nitrogens with zero attached hydrogens (tertiary/aromatic N) is 1. The summed E-state index contributed by atoms with van der Waals surface area (Å²) < 4.78 is 4.81. The average molecular weight is 354 g/mol. The first-order chi connectivity index (χ1) is 12.4. The molecule has 0 unspecified atom stereocenters. The predicted octanol–water partition coefficient (Wildman–Crippen LogP) is 6.29. The number of rotatable bonds is 6. The third kappa shape index (κ3) is 25.8. The predicted molar refractivity (Wildman–Crippen MR) is 113 cm³/mol. The van der Waals surface area contributed by atoms with E-state index in [9.17, 15) is 4.79 Å². The second-order valence-corrected chi connectivity index (χ2v) is 4.69. The summed E-state index contributed by atoms with van der Waals surface area (Å²) >= 11 is 0. The Morgan fingerprint density at radius 1 is 1.15 bits per heavy atom. The highest BCUT2D eigenvalue weighted by Crippen LogP contribution is 1.97. The van der Waals surface area contributed by atoms with Crippen molar-refractivity contribution in [3.05, 3.63) is 92.6 Å². The van der Waals surface area contributed by atoms with Crippen LogP contribution < -0.4 is 0 Å². The van der Waals surface area contributed by atoms with E-state index in [-0.39, 0.29) is 5.97 Å². The van der Waals surface area contributed by atoms with Crippen molar-refractivity contribution in [3.8, 4) is 6.07 Å². The molecular formula is C23H31NO2. The minimum atomic E-state index is -0.284. The van der Waals surface area contributed by atoms with Crippen molar-refractivity contribution >= 4 is 12.0 Å².